The van der Waals surface area contributed by atoms with Gasteiger partial charge in [-0.3, -0.25) is 4.79 Å². The fourth-order valence-electron chi connectivity index (χ4n) is 2.72. The molecule has 0 fully saturated rings. The molecule has 0 N–H and O–H groups in total. The molecule has 2 aromatic heterocycles. The van der Waals surface area contributed by atoms with Crippen molar-refractivity contribution in [3.05, 3.63) is 32.5 Å². The lowest BCUT2D eigenvalue weighted by atomic mass is 10.0. The molecule has 0 spiro atoms. The highest BCUT2D eigenvalue weighted by Crippen LogP contribution is 2.39. The number of hydrogen-bond acceptors (Lipinski definition) is 5. The number of carbonyl (C=O) groups is 1. The first-order chi connectivity index (χ1) is 9.61. The van der Waals surface area contributed by atoms with Crippen LogP contribution in [0.2, 0.25) is 0 Å². The van der Waals surface area contributed by atoms with Crippen LogP contribution in [0.25, 0.3) is 0 Å². The molecule has 1 aliphatic heterocycles. The number of hydrogen-bond donors (Lipinski definition) is 0. The van der Waals surface area contributed by atoms with Gasteiger partial charge in [-0.1, -0.05) is 25.2 Å². The molecule has 1 aliphatic rings. The lowest BCUT2D eigenvalue weighted by Gasteiger charge is -2.33. The van der Waals surface area contributed by atoms with Crippen molar-refractivity contribution >= 4 is 34.1 Å². The van der Waals surface area contributed by atoms with Crippen molar-refractivity contribution in [3.63, 3.8) is 0 Å². The molecule has 20 heavy (non-hydrogen) atoms. The van der Waals surface area contributed by atoms with E-state index in [1.165, 1.54) is 21.8 Å². The van der Waals surface area contributed by atoms with Crippen LogP contribution in [-0.4, -0.2) is 17.8 Å². The van der Waals surface area contributed by atoms with Gasteiger partial charge in [0.1, 0.15) is 0 Å². The fourth-order valence-corrected chi connectivity index (χ4v) is 4.83. The van der Waals surface area contributed by atoms with E-state index in [9.17, 15) is 4.79 Å². The molecule has 2 aromatic rings. The lowest BCUT2D eigenvalue weighted by Crippen LogP contribution is -2.33. The molecule has 5 heteroatoms. The van der Waals surface area contributed by atoms with Gasteiger partial charge in [0, 0.05) is 11.4 Å². The maximum absolute atomic E-state index is 11.2. The molecule has 3 nitrogen and oxygen atoms in total. The Bertz CT molecular complexity index is 630. The van der Waals surface area contributed by atoms with Gasteiger partial charge in [0.25, 0.3) is 0 Å². The fraction of sp³-hybridized carbons (Fsp3) is 0.467. The van der Waals surface area contributed by atoms with Crippen molar-refractivity contribution < 1.29 is 4.79 Å². The summed E-state index contributed by atoms with van der Waals surface area (Å²) in [5.74, 6) is 0.289. The second-order valence-corrected chi connectivity index (χ2v) is 7.45. The summed E-state index contributed by atoms with van der Waals surface area (Å²) in [5.41, 5.74) is 2.35. The zero-order valence-corrected chi connectivity index (χ0v) is 13.6. The van der Waals surface area contributed by atoms with Crippen LogP contribution in [0.1, 0.15) is 58.5 Å². The predicted octanol–water partition coefficient (Wildman–Crippen LogP) is 4.26. The molecule has 0 saturated carbocycles. The van der Waals surface area contributed by atoms with E-state index in [1.54, 1.807) is 0 Å². The van der Waals surface area contributed by atoms with Crippen LogP contribution in [0.4, 0.5) is 5.13 Å². The molecule has 0 aliphatic carbocycles. The average Bonchev–Trinajstić information content (AvgIpc) is 3.05. The van der Waals surface area contributed by atoms with Crippen molar-refractivity contribution in [1.82, 2.24) is 4.98 Å². The standard InChI is InChI=1S/C15H18N2OS2/c1-9(2)14-13(8-18)20-15(16-14)17-6-4-12-11(10(17)3)5-7-19-12/h5,7-10H,4,6H2,1-3H3. The SMILES string of the molecule is CC(C)c1nc(N2CCc3sccc3C2C)sc1C=O. The molecule has 0 saturated heterocycles. The second kappa shape index (κ2) is 5.30. The van der Waals surface area contributed by atoms with E-state index in [4.69, 9.17) is 4.98 Å². The number of nitrogens with zero attached hydrogens (tertiary/aromatic N) is 2. The normalized spacial score (nSPS) is 18.4. The number of thiazole rings is 1. The zero-order chi connectivity index (χ0) is 14.3. The number of fused-ring (bicyclic) bond motifs is 1. The smallest absolute Gasteiger partial charge is 0.186 e. The summed E-state index contributed by atoms with van der Waals surface area (Å²) in [7, 11) is 0. The molecular weight excluding hydrogens is 288 g/mol. The van der Waals surface area contributed by atoms with Crippen LogP contribution in [0.15, 0.2) is 11.4 Å². The highest BCUT2D eigenvalue weighted by atomic mass is 32.1. The Morgan fingerprint density at radius 1 is 1.50 bits per heavy atom. The first-order valence-electron chi connectivity index (χ1n) is 6.90. The van der Waals surface area contributed by atoms with Crippen molar-refractivity contribution in [2.24, 2.45) is 0 Å². The van der Waals surface area contributed by atoms with Crippen molar-refractivity contribution in [1.29, 1.82) is 0 Å². The number of thiophene rings is 1. The number of carbonyl (C=O) groups excluding carboxylic acids is 1. The van der Waals surface area contributed by atoms with Gasteiger partial charge in [-0.15, -0.1) is 11.3 Å². The van der Waals surface area contributed by atoms with Crippen LogP contribution >= 0.6 is 22.7 Å². The first kappa shape index (κ1) is 13.8. The summed E-state index contributed by atoms with van der Waals surface area (Å²) in [4.78, 5) is 20.5. The number of anilines is 1. The Balaban J connectivity index is 1.96. The van der Waals surface area contributed by atoms with Crippen LogP contribution in [-0.2, 0) is 6.42 Å². The molecule has 0 amide bonds. The highest BCUT2D eigenvalue weighted by Gasteiger charge is 2.28. The molecular formula is C15H18N2OS2. The zero-order valence-electron chi connectivity index (χ0n) is 11.9. The van der Waals surface area contributed by atoms with Gasteiger partial charge in [-0.25, -0.2) is 4.98 Å². The third kappa shape index (κ3) is 2.19. The largest absolute Gasteiger partial charge is 0.341 e. The molecule has 0 bridgehead atoms. The van der Waals surface area contributed by atoms with E-state index < -0.39 is 0 Å². The summed E-state index contributed by atoms with van der Waals surface area (Å²) in [6.07, 6.45) is 2.02. The minimum absolute atomic E-state index is 0.289. The monoisotopic (exact) mass is 306 g/mol. The minimum atomic E-state index is 0.289. The van der Waals surface area contributed by atoms with E-state index in [1.807, 2.05) is 11.3 Å². The van der Waals surface area contributed by atoms with Crippen LogP contribution < -0.4 is 4.90 Å². The third-order valence-electron chi connectivity index (χ3n) is 3.85. The average molecular weight is 306 g/mol. The van der Waals surface area contributed by atoms with E-state index in [-0.39, 0.29) is 5.92 Å². The Labute approximate surface area is 127 Å². The molecule has 0 radical (unpaired) electrons. The van der Waals surface area contributed by atoms with Crippen LogP contribution in [0, 0.1) is 0 Å². The summed E-state index contributed by atoms with van der Waals surface area (Å²) in [6, 6.07) is 2.56. The van der Waals surface area contributed by atoms with Crippen molar-refractivity contribution in [2.45, 2.75) is 39.2 Å². The Kier molecular flexibility index (Phi) is 3.65. The van der Waals surface area contributed by atoms with Gasteiger partial charge in [0.15, 0.2) is 11.4 Å². The van der Waals surface area contributed by atoms with Gasteiger partial charge in [0.2, 0.25) is 0 Å². The molecule has 0 aromatic carbocycles. The summed E-state index contributed by atoms with van der Waals surface area (Å²) in [6.45, 7) is 7.38. The van der Waals surface area contributed by atoms with E-state index in [0.717, 1.165) is 35.0 Å². The van der Waals surface area contributed by atoms with E-state index in [2.05, 4.69) is 37.1 Å². The van der Waals surface area contributed by atoms with E-state index >= 15 is 0 Å². The third-order valence-corrected chi connectivity index (χ3v) is 5.88. The minimum Gasteiger partial charge on any atom is -0.341 e. The quantitative estimate of drug-likeness (QED) is 0.794. The molecule has 1 atom stereocenters. The van der Waals surface area contributed by atoms with E-state index in [0.29, 0.717) is 6.04 Å². The molecule has 3 heterocycles. The second-order valence-electron chi connectivity index (χ2n) is 5.44. The van der Waals surface area contributed by atoms with Crippen LogP contribution in [0.3, 0.4) is 0 Å². The molecule has 1 unspecified atom stereocenters. The Morgan fingerprint density at radius 2 is 2.30 bits per heavy atom. The Hall–Kier alpha value is -1.20. The number of aromatic nitrogens is 1. The first-order valence-corrected chi connectivity index (χ1v) is 8.60. The van der Waals surface area contributed by atoms with Gasteiger partial charge in [0.05, 0.1) is 16.6 Å². The highest BCUT2D eigenvalue weighted by molar-refractivity contribution is 7.17. The van der Waals surface area contributed by atoms with Gasteiger partial charge in [-0.2, -0.15) is 0 Å². The maximum Gasteiger partial charge on any atom is 0.186 e. The Morgan fingerprint density at radius 3 is 2.95 bits per heavy atom. The van der Waals surface area contributed by atoms with Crippen LogP contribution in [0.5, 0.6) is 0 Å². The van der Waals surface area contributed by atoms with Gasteiger partial charge in [-0.05, 0) is 36.3 Å². The van der Waals surface area contributed by atoms with Gasteiger partial charge >= 0.3 is 0 Å². The molecule has 3 rings (SSSR count). The van der Waals surface area contributed by atoms with Crippen molar-refractivity contribution in [2.75, 3.05) is 11.4 Å². The number of aldehydes is 1. The summed E-state index contributed by atoms with van der Waals surface area (Å²) < 4.78 is 0. The molecule has 106 valence electrons. The number of rotatable bonds is 3. The van der Waals surface area contributed by atoms with Gasteiger partial charge < -0.3 is 4.90 Å². The maximum atomic E-state index is 11.2. The summed E-state index contributed by atoms with van der Waals surface area (Å²) >= 11 is 3.37. The topological polar surface area (TPSA) is 33.2 Å². The summed E-state index contributed by atoms with van der Waals surface area (Å²) in [5, 5.41) is 3.16. The van der Waals surface area contributed by atoms with Crippen molar-refractivity contribution in [3.8, 4) is 0 Å². The lowest BCUT2D eigenvalue weighted by molar-refractivity contribution is 0.112. The predicted molar refractivity (Wildman–Crippen MR) is 85.4 cm³/mol.